The van der Waals surface area contributed by atoms with Gasteiger partial charge in [-0.2, -0.15) is 13.2 Å². The minimum absolute atomic E-state index is 0.0876. The molecule has 48 heavy (non-hydrogen) atoms. The molecule has 2 N–H and O–H groups in total. The Hall–Kier alpha value is -4.57. The van der Waals surface area contributed by atoms with Gasteiger partial charge in [-0.3, -0.25) is 14.4 Å². The van der Waals surface area contributed by atoms with E-state index in [9.17, 15) is 37.1 Å². The number of nitrogens with zero attached hydrogens (tertiary/aromatic N) is 1. The van der Waals surface area contributed by atoms with E-state index in [4.69, 9.17) is 11.2 Å². The standard InChI is InChI=1S/C35H34F6N2O5/c1-6-21-11-25(37)32(33(38)31(21)30-18(4)8-23(36)9-19(30)5)26(13-29(45)46)42-34(47)27(7-17(2)3)43-14-22(10-20-15-48-16-20)24(12-28(43)44)35(39,40)41/h1,8-9,11-12,14,17,20,26-27H,7,10,13,15-16H2,2-5H3,(H,42,47)(H,45,46). The molecule has 0 radical (unpaired) electrons. The number of hydrogen-bond acceptors (Lipinski definition) is 4. The molecule has 0 spiro atoms. The summed E-state index contributed by atoms with van der Waals surface area (Å²) in [5, 5.41) is 12.1. The van der Waals surface area contributed by atoms with E-state index in [2.05, 4.69) is 11.2 Å². The lowest BCUT2D eigenvalue weighted by Gasteiger charge is -2.29. The van der Waals surface area contributed by atoms with Crippen LogP contribution in [0.4, 0.5) is 26.3 Å². The Morgan fingerprint density at radius 2 is 1.71 bits per heavy atom. The summed E-state index contributed by atoms with van der Waals surface area (Å²) in [6, 6.07) is 0.108. The van der Waals surface area contributed by atoms with Gasteiger partial charge in [-0.25, -0.2) is 13.2 Å². The number of pyridine rings is 1. The summed E-state index contributed by atoms with van der Waals surface area (Å²) < 4.78 is 93.9. The number of carboxylic acids is 1. The molecule has 3 aromatic rings. The van der Waals surface area contributed by atoms with Gasteiger partial charge in [-0.15, -0.1) is 6.42 Å². The van der Waals surface area contributed by atoms with Gasteiger partial charge in [-0.05, 0) is 73.1 Å². The van der Waals surface area contributed by atoms with Crippen LogP contribution in [0.3, 0.4) is 0 Å². The predicted octanol–water partition coefficient (Wildman–Crippen LogP) is 6.66. The van der Waals surface area contributed by atoms with E-state index in [1.54, 1.807) is 13.8 Å². The number of halogens is 6. The molecule has 1 amide bonds. The highest BCUT2D eigenvalue weighted by Gasteiger charge is 2.37. The molecule has 2 aromatic carbocycles. The van der Waals surface area contributed by atoms with E-state index in [0.29, 0.717) is 6.07 Å². The van der Waals surface area contributed by atoms with Crippen molar-refractivity contribution in [1.29, 1.82) is 0 Å². The summed E-state index contributed by atoms with van der Waals surface area (Å²) in [6.07, 6.45) is 0.472. The van der Waals surface area contributed by atoms with Crippen LogP contribution in [0.15, 0.2) is 35.3 Å². The van der Waals surface area contributed by atoms with Crippen molar-refractivity contribution in [1.82, 2.24) is 9.88 Å². The first-order valence-electron chi connectivity index (χ1n) is 15.1. The first kappa shape index (κ1) is 36.3. The van der Waals surface area contributed by atoms with Crippen molar-refractivity contribution < 1.29 is 45.8 Å². The number of hydrogen-bond donors (Lipinski definition) is 2. The minimum atomic E-state index is -4.86. The van der Waals surface area contributed by atoms with Gasteiger partial charge in [-0.1, -0.05) is 19.8 Å². The molecule has 0 bridgehead atoms. The number of carbonyl (C=O) groups is 2. The van der Waals surface area contributed by atoms with Crippen LogP contribution < -0.4 is 10.9 Å². The lowest BCUT2D eigenvalue weighted by molar-refractivity contribution is -0.139. The van der Waals surface area contributed by atoms with Crippen molar-refractivity contribution in [3.8, 4) is 23.5 Å². The first-order valence-corrected chi connectivity index (χ1v) is 15.1. The second kappa shape index (κ2) is 14.3. The number of carbonyl (C=O) groups excluding carboxylic acids is 1. The zero-order valence-electron chi connectivity index (χ0n) is 26.6. The van der Waals surface area contributed by atoms with Gasteiger partial charge < -0.3 is 19.7 Å². The third-order valence-electron chi connectivity index (χ3n) is 8.22. The number of benzene rings is 2. The van der Waals surface area contributed by atoms with Crippen LogP contribution in [0.1, 0.15) is 72.2 Å². The van der Waals surface area contributed by atoms with Crippen molar-refractivity contribution in [2.45, 2.75) is 65.2 Å². The third-order valence-corrected chi connectivity index (χ3v) is 8.22. The molecule has 1 aliphatic rings. The molecule has 2 unspecified atom stereocenters. The van der Waals surface area contributed by atoms with E-state index in [1.165, 1.54) is 13.8 Å². The van der Waals surface area contributed by atoms with Gasteiger partial charge in [0.15, 0.2) is 0 Å². The number of aryl methyl sites for hydroxylation is 2. The highest BCUT2D eigenvalue weighted by Crippen LogP contribution is 2.39. The van der Waals surface area contributed by atoms with Crippen LogP contribution >= 0.6 is 0 Å². The van der Waals surface area contributed by atoms with Crippen LogP contribution in [0, 0.1) is 55.5 Å². The molecule has 2 atom stereocenters. The van der Waals surface area contributed by atoms with Crippen LogP contribution in [-0.2, 0) is 26.9 Å². The molecule has 1 saturated heterocycles. The van der Waals surface area contributed by atoms with Crippen molar-refractivity contribution in [3.05, 3.63) is 91.6 Å². The van der Waals surface area contributed by atoms with Crippen molar-refractivity contribution in [2.75, 3.05) is 13.2 Å². The van der Waals surface area contributed by atoms with E-state index >= 15 is 8.78 Å². The summed E-state index contributed by atoms with van der Waals surface area (Å²) >= 11 is 0. The highest BCUT2D eigenvalue weighted by molar-refractivity contribution is 5.82. The molecule has 2 heterocycles. The number of ether oxygens (including phenoxy) is 1. The number of alkyl halides is 3. The van der Waals surface area contributed by atoms with Gasteiger partial charge in [0, 0.05) is 34.9 Å². The number of terminal acetylenes is 1. The van der Waals surface area contributed by atoms with Crippen molar-refractivity contribution in [2.24, 2.45) is 11.8 Å². The van der Waals surface area contributed by atoms with Gasteiger partial charge >= 0.3 is 12.1 Å². The van der Waals surface area contributed by atoms with Crippen molar-refractivity contribution in [3.63, 3.8) is 0 Å². The number of aliphatic carboxylic acids is 1. The van der Waals surface area contributed by atoms with E-state index in [1.807, 2.05) is 0 Å². The molecule has 13 heteroatoms. The lowest BCUT2D eigenvalue weighted by atomic mass is 9.88. The third kappa shape index (κ3) is 7.76. The molecular formula is C35H34F6N2O5. The second-order valence-corrected chi connectivity index (χ2v) is 12.4. The fraction of sp³-hybridized carbons (Fsp3) is 0.400. The summed E-state index contributed by atoms with van der Waals surface area (Å²) in [4.78, 5) is 39.0. The molecule has 256 valence electrons. The molecule has 0 saturated carbocycles. The minimum Gasteiger partial charge on any atom is -0.481 e. The Bertz CT molecular complexity index is 1820. The second-order valence-electron chi connectivity index (χ2n) is 12.4. The molecule has 1 aliphatic heterocycles. The Balaban J connectivity index is 1.85. The quantitative estimate of drug-likeness (QED) is 0.175. The topological polar surface area (TPSA) is 97.6 Å². The molecule has 0 aliphatic carbocycles. The normalized spacial score (nSPS) is 14.7. The van der Waals surface area contributed by atoms with Crippen LogP contribution in [0.5, 0.6) is 0 Å². The Morgan fingerprint density at radius 3 is 2.21 bits per heavy atom. The van der Waals surface area contributed by atoms with Gasteiger partial charge in [0.2, 0.25) is 5.91 Å². The van der Waals surface area contributed by atoms with E-state index in [-0.39, 0.29) is 71.3 Å². The zero-order valence-corrected chi connectivity index (χ0v) is 26.6. The number of aromatic nitrogens is 1. The van der Waals surface area contributed by atoms with Crippen LogP contribution in [0.2, 0.25) is 0 Å². The number of rotatable bonds is 11. The Labute approximate surface area is 272 Å². The smallest absolute Gasteiger partial charge is 0.416 e. The van der Waals surface area contributed by atoms with Gasteiger partial charge in [0.25, 0.3) is 5.56 Å². The maximum Gasteiger partial charge on any atom is 0.416 e. The highest BCUT2D eigenvalue weighted by atomic mass is 19.4. The monoisotopic (exact) mass is 676 g/mol. The number of amides is 1. The van der Waals surface area contributed by atoms with Crippen molar-refractivity contribution >= 4 is 11.9 Å². The van der Waals surface area contributed by atoms with Gasteiger partial charge in [0.1, 0.15) is 23.5 Å². The molecule has 1 aromatic heterocycles. The Morgan fingerprint density at radius 1 is 1.08 bits per heavy atom. The summed E-state index contributed by atoms with van der Waals surface area (Å²) in [7, 11) is 0. The predicted molar refractivity (Wildman–Crippen MR) is 165 cm³/mol. The van der Waals surface area contributed by atoms with Crippen LogP contribution in [-0.4, -0.2) is 34.8 Å². The maximum absolute atomic E-state index is 16.5. The fourth-order valence-corrected chi connectivity index (χ4v) is 6.05. The van der Waals surface area contributed by atoms with E-state index in [0.717, 1.165) is 29.0 Å². The summed E-state index contributed by atoms with van der Waals surface area (Å²) in [5.74, 6) is -4.13. The maximum atomic E-state index is 16.5. The average molecular weight is 677 g/mol. The van der Waals surface area contributed by atoms with Gasteiger partial charge in [0.05, 0.1) is 31.2 Å². The SMILES string of the molecule is C#Cc1cc(F)c(C(CC(=O)O)NC(=O)C(CC(C)C)n2cc(CC3COC3)c(C(F)(F)F)cc2=O)c(F)c1-c1c(C)cc(F)cc1C. The zero-order chi connectivity index (χ0) is 35.7. The summed E-state index contributed by atoms with van der Waals surface area (Å²) in [6.45, 7) is 6.78. The summed E-state index contributed by atoms with van der Waals surface area (Å²) in [5.41, 5.74) is -3.30. The van der Waals surface area contributed by atoms with E-state index < -0.39 is 70.7 Å². The van der Waals surface area contributed by atoms with Crippen LogP contribution in [0.25, 0.3) is 11.1 Å². The lowest BCUT2D eigenvalue weighted by Crippen LogP contribution is -2.41. The largest absolute Gasteiger partial charge is 0.481 e. The Kier molecular flexibility index (Phi) is 10.8. The number of nitrogens with one attached hydrogen (secondary N) is 1. The fourth-order valence-electron chi connectivity index (χ4n) is 6.05. The molecule has 7 nitrogen and oxygen atoms in total. The number of carboxylic acid groups (broad SMARTS) is 1. The molecule has 1 fully saturated rings. The average Bonchev–Trinajstić information content (AvgIpc) is 2.93. The first-order chi connectivity index (χ1) is 22.4. The molecule has 4 rings (SSSR count). The molecular weight excluding hydrogens is 642 g/mol.